The third-order valence-corrected chi connectivity index (χ3v) is 4.91. The monoisotopic (exact) mass is 351 g/mol. The molecule has 1 aromatic heterocycles. The van der Waals surface area contributed by atoms with E-state index in [0.717, 1.165) is 24.1 Å². The van der Waals surface area contributed by atoms with Crippen molar-refractivity contribution >= 4 is 32.8 Å². The van der Waals surface area contributed by atoms with E-state index < -0.39 is 11.8 Å². The molecule has 2 aromatic rings. The number of carbonyl (C=O) groups is 1. The molecule has 110 valence electrons. The number of pyridine rings is 1. The minimum Gasteiger partial charge on any atom is -0.478 e. The summed E-state index contributed by atoms with van der Waals surface area (Å²) in [5.41, 5.74) is 2.30. The molecule has 3 rings (SSSR count). The lowest BCUT2D eigenvalue weighted by molar-refractivity contribution is 0.0696. The van der Waals surface area contributed by atoms with Crippen LogP contribution in [0.15, 0.2) is 16.6 Å². The zero-order valence-electron chi connectivity index (χ0n) is 11.8. The lowest BCUT2D eigenvalue weighted by Crippen LogP contribution is -2.18. The summed E-state index contributed by atoms with van der Waals surface area (Å²) >= 11 is 3.13. The van der Waals surface area contributed by atoms with Gasteiger partial charge in [0.2, 0.25) is 0 Å². The zero-order valence-corrected chi connectivity index (χ0v) is 13.4. The molecule has 1 heterocycles. The molecule has 21 heavy (non-hydrogen) atoms. The van der Waals surface area contributed by atoms with Crippen molar-refractivity contribution in [1.29, 1.82) is 0 Å². The second-order valence-electron chi connectivity index (χ2n) is 5.75. The molecule has 1 aliphatic carbocycles. The van der Waals surface area contributed by atoms with E-state index in [4.69, 9.17) is 0 Å². The molecule has 0 fully saturated rings. The molecule has 1 N–H and O–H groups in total. The van der Waals surface area contributed by atoms with Gasteiger partial charge in [-0.15, -0.1) is 0 Å². The minimum atomic E-state index is -0.974. The summed E-state index contributed by atoms with van der Waals surface area (Å²) in [5, 5.41) is 10.2. The average molecular weight is 352 g/mol. The van der Waals surface area contributed by atoms with Gasteiger partial charge in [0, 0.05) is 17.1 Å². The van der Waals surface area contributed by atoms with Crippen molar-refractivity contribution in [1.82, 2.24) is 4.98 Å². The number of rotatable bonds is 1. The number of benzene rings is 1. The Balaban J connectivity index is 2.47. The Morgan fingerprint density at radius 2 is 2.00 bits per heavy atom. The molecule has 3 nitrogen and oxygen atoms in total. The fourth-order valence-electron chi connectivity index (χ4n) is 3.18. The van der Waals surface area contributed by atoms with Crippen LogP contribution in [0, 0.1) is 5.82 Å². The maximum Gasteiger partial charge on any atom is 0.336 e. The van der Waals surface area contributed by atoms with Crippen LogP contribution in [0.2, 0.25) is 0 Å². The predicted octanol–water partition coefficient (Wildman–Crippen LogP) is 4.84. The number of hydrogen-bond acceptors (Lipinski definition) is 2. The van der Waals surface area contributed by atoms with Crippen LogP contribution in [0.5, 0.6) is 0 Å². The first-order chi connectivity index (χ1) is 9.90. The van der Waals surface area contributed by atoms with E-state index in [1.807, 2.05) is 13.8 Å². The number of aromatic nitrogens is 1. The van der Waals surface area contributed by atoms with E-state index in [1.165, 1.54) is 12.1 Å². The summed E-state index contributed by atoms with van der Waals surface area (Å²) in [5.74, 6) is -1.05. The average Bonchev–Trinajstić information content (AvgIpc) is 2.42. The lowest BCUT2D eigenvalue weighted by Gasteiger charge is -2.28. The number of fused-ring (bicyclic) bond motifs is 2. The van der Waals surface area contributed by atoms with E-state index in [1.54, 1.807) is 0 Å². The van der Waals surface area contributed by atoms with Gasteiger partial charge in [0.05, 0.1) is 15.6 Å². The van der Waals surface area contributed by atoms with Crippen molar-refractivity contribution in [2.45, 2.75) is 38.5 Å². The Morgan fingerprint density at radius 1 is 1.33 bits per heavy atom. The quantitative estimate of drug-likeness (QED) is 0.799. The first-order valence-electron chi connectivity index (χ1n) is 6.96. The maximum atomic E-state index is 13.8. The number of aromatic carboxylic acids is 1. The van der Waals surface area contributed by atoms with E-state index in [9.17, 15) is 14.3 Å². The topological polar surface area (TPSA) is 50.2 Å². The summed E-state index contributed by atoms with van der Waals surface area (Å²) < 4.78 is 14.0. The highest BCUT2D eigenvalue weighted by molar-refractivity contribution is 9.10. The minimum absolute atomic E-state index is 0.156. The highest BCUT2D eigenvalue weighted by Gasteiger charge is 2.30. The highest BCUT2D eigenvalue weighted by Crippen LogP contribution is 2.42. The molecule has 0 bridgehead atoms. The predicted molar refractivity (Wildman–Crippen MR) is 82.4 cm³/mol. The van der Waals surface area contributed by atoms with Crippen molar-refractivity contribution in [3.8, 4) is 0 Å². The Labute approximate surface area is 130 Å². The summed E-state index contributed by atoms with van der Waals surface area (Å²) in [4.78, 5) is 16.4. The van der Waals surface area contributed by atoms with Crippen LogP contribution >= 0.6 is 15.9 Å². The SMILES string of the molecule is CC1CCC(C)c2c1nc1cc(F)c(Br)cc1c2C(=O)O. The number of hydrogen-bond donors (Lipinski definition) is 1. The van der Waals surface area contributed by atoms with Gasteiger partial charge in [-0.1, -0.05) is 13.8 Å². The number of nitrogens with zero attached hydrogens (tertiary/aromatic N) is 1. The molecule has 0 saturated carbocycles. The number of carboxylic acid groups (broad SMARTS) is 1. The third kappa shape index (κ3) is 2.24. The Kier molecular flexibility index (Phi) is 3.48. The molecule has 0 aliphatic heterocycles. The van der Waals surface area contributed by atoms with E-state index in [2.05, 4.69) is 20.9 Å². The second kappa shape index (κ2) is 5.05. The smallest absolute Gasteiger partial charge is 0.336 e. The van der Waals surface area contributed by atoms with Gasteiger partial charge < -0.3 is 5.11 Å². The standard InChI is InChI=1S/C16H15BrFNO2/c1-7-3-4-8(2)15-13(7)14(16(20)21)9-5-10(17)11(18)6-12(9)19-15/h5-8H,3-4H2,1-2H3,(H,20,21). The van der Waals surface area contributed by atoms with E-state index in [-0.39, 0.29) is 21.9 Å². The molecule has 0 saturated heterocycles. The Hall–Kier alpha value is -1.49. The fourth-order valence-corrected chi connectivity index (χ4v) is 3.52. The Bertz CT molecular complexity index is 760. The molecule has 1 aliphatic rings. The van der Waals surface area contributed by atoms with Gasteiger partial charge in [0.1, 0.15) is 5.82 Å². The number of carboxylic acids is 1. The lowest BCUT2D eigenvalue weighted by atomic mass is 9.78. The van der Waals surface area contributed by atoms with Crippen LogP contribution in [-0.2, 0) is 0 Å². The van der Waals surface area contributed by atoms with Gasteiger partial charge in [-0.25, -0.2) is 9.18 Å². The molecule has 0 amide bonds. The van der Waals surface area contributed by atoms with Crippen LogP contribution in [0.4, 0.5) is 4.39 Å². The third-order valence-electron chi connectivity index (χ3n) is 4.30. The van der Waals surface area contributed by atoms with Crippen molar-refractivity contribution in [2.24, 2.45) is 0 Å². The van der Waals surface area contributed by atoms with Crippen LogP contribution in [0.3, 0.4) is 0 Å². The first-order valence-corrected chi connectivity index (χ1v) is 7.75. The molecule has 1 aromatic carbocycles. The molecule has 2 atom stereocenters. The normalized spacial score (nSPS) is 21.3. The van der Waals surface area contributed by atoms with Crippen LogP contribution in [0.1, 0.15) is 60.1 Å². The van der Waals surface area contributed by atoms with Crippen molar-refractivity contribution in [3.05, 3.63) is 39.2 Å². The number of halogens is 2. The van der Waals surface area contributed by atoms with Crippen molar-refractivity contribution in [3.63, 3.8) is 0 Å². The van der Waals surface area contributed by atoms with Gasteiger partial charge in [-0.3, -0.25) is 4.98 Å². The molecule has 5 heteroatoms. The summed E-state index contributed by atoms with van der Waals surface area (Å²) in [6.45, 7) is 4.08. The molecular weight excluding hydrogens is 337 g/mol. The molecule has 0 spiro atoms. The van der Waals surface area contributed by atoms with Crippen molar-refractivity contribution < 1.29 is 14.3 Å². The van der Waals surface area contributed by atoms with Crippen molar-refractivity contribution in [2.75, 3.05) is 0 Å². The molecule has 2 unspecified atom stereocenters. The van der Waals surface area contributed by atoms with Crippen LogP contribution in [0.25, 0.3) is 10.9 Å². The summed E-state index contributed by atoms with van der Waals surface area (Å²) in [6, 6.07) is 2.82. The van der Waals surface area contributed by atoms with Gasteiger partial charge in [0.15, 0.2) is 0 Å². The molecular formula is C16H15BrFNO2. The largest absolute Gasteiger partial charge is 0.478 e. The van der Waals surface area contributed by atoms with Crippen LogP contribution < -0.4 is 0 Å². The van der Waals surface area contributed by atoms with Crippen LogP contribution in [-0.4, -0.2) is 16.1 Å². The van der Waals surface area contributed by atoms with Gasteiger partial charge in [-0.2, -0.15) is 0 Å². The fraction of sp³-hybridized carbons (Fsp3) is 0.375. The summed E-state index contributed by atoms with van der Waals surface area (Å²) in [7, 11) is 0. The van der Waals surface area contributed by atoms with Gasteiger partial charge in [0.25, 0.3) is 0 Å². The molecule has 0 radical (unpaired) electrons. The second-order valence-corrected chi connectivity index (χ2v) is 6.61. The first kappa shape index (κ1) is 14.4. The van der Waals surface area contributed by atoms with Gasteiger partial charge >= 0.3 is 5.97 Å². The highest BCUT2D eigenvalue weighted by atomic mass is 79.9. The maximum absolute atomic E-state index is 13.8. The van der Waals surface area contributed by atoms with E-state index >= 15 is 0 Å². The van der Waals surface area contributed by atoms with Gasteiger partial charge in [-0.05, 0) is 52.2 Å². The Morgan fingerprint density at radius 3 is 2.67 bits per heavy atom. The summed E-state index contributed by atoms with van der Waals surface area (Å²) in [6.07, 6.45) is 1.93. The van der Waals surface area contributed by atoms with E-state index in [0.29, 0.717) is 10.9 Å². The zero-order chi connectivity index (χ0) is 15.3.